The molecule has 4 nitrogen and oxygen atoms in total. The zero-order chi connectivity index (χ0) is 19.5. The average molecular weight is 413 g/mol. The Hall–Kier alpha value is -1.89. The Morgan fingerprint density at radius 1 is 1.25 bits per heavy atom. The maximum absolute atomic E-state index is 13.1. The summed E-state index contributed by atoms with van der Waals surface area (Å²) in [5.74, 6) is 0.475. The smallest absolute Gasteiger partial charge is 0.239 e. The molecule has 2 aromatic carbocycles. The number of anilines is 1. The van der Waals surface area contributed by atoms with E-state index in [1.807, 2.05) is 11.0 Å². The van der Waals surface area contributed by atoms with Gasteiger partial charge in [-0.25, -0.2) is 4.98 Å². The highest BCUT2D eigenvalue weighted by Gasteiger charge is 2.26. The highest BCUT2D eigenvalue weighted by Crippen LogP contribution is 2.32. The van der Waals surface area contributed by atoms with Crippen molar-refractivity contribution in [1.29, 1.82) is 0 Å². The standard InChI is InChI=1S/C22H24N2O2S2/c1-15-8-10-18(11-9-15)27-14-20(25)24(13-17-6-4-12-26-17)22-23-21-16(2)5-3-7-19(21)28-22/h3,5,7-11,17H,4,6,12-14H2,1-2H3. The molecule has 2 heterocycles. The van der Waals surface area contributed by atoms with Crippen molar-refractivity contribution in [2.45, 2.75) is 37.7 Å². The van der Waals surface area contributed by atoms with Gasteiger partial charge in [-0.05, 0) is 50.5 Å². The Bertz CT molecular complexity index is 962. The minimum Gasteiger partial charge on any atom is -0.376 e. The molecule has 1 saturated heterocycles. The molecule has 1 aromatic heterocycles. The van der Waals surface area contributed by atoms with Gasteiger partial charge in [0.2, 0.25) is 5.91 Å². The molecule has 1 fully saturated rings. The Balaban J connectivity index is 1.55. The molecular formula is C22H24N2O2S2. The van der Waals surface area contributed by atoms with Crippen molar-refractivity contribution in [2.24, 2.45) is 0 Å². The van der Waals surface area contributed by atoms with Crippen LogP contribution in [0.1, 0.15) is 24.0 Å². The van der Waals surface area contributed by atoms with Crippen molar-refractivity contribution < 1.29 is 9.53 Å². The Kier molecular flexibility index (Phi) is 5.99. The third-order valence-electron chi connectivity index (χ3n) is 4.93. The Morgan fingerprint density at radius 2 is 2.07 bits per heavy atom. The third-order valence-corrected chi connectivity index (χ3v) is 6.98. The number of hydrogen-bond acceptors (Lipinski definition) is 5. The number of para-hydroxylation sites is 1. The van der Waals surface area contributed by atoms with Crippen LogP contribution in [0.4, 0.5) is 5.13 Å². The van der Waals surface area contributed by atoms with Gasteiger partial charge in [0.05, 0.1) is 28.6 Å². The minimum atomic E-state index is 0.0813. The van der Waals surface area contributed by atoms with Crippen LogP contribution in [-0.4, -0.2) is 35.9 Å². The highest BCUT2D eigenvalue weighted by atomic mass is 32.2. The summed E-state index contributed by atoms with van der Waals surface area (Å²) >= 11 is 3.16. The monoisotopic (exact) mass is 412 g/mol. The SMILES string of the molecule is Cc1ccc(SCC(=O)N(CC2CCCO2)c2nc3c(C)cccc3s2)cc1. The van der Waals surface area contributed by atoms with Crippen molar-refractivity contribution in [3.8, 4) is 0 Å². The molecule has 6 heteroatoms. The van der Waals surface area contributed by atoms with Crippen LogP contribution in [0.25, 0.3) is 10.2 Å². The second-order valence-electron chi connectivity index (χ2n) is 7.16. The predicted octanol–water partition coefficient (Wildman–Crippen LogP) is 5.22. The molecule has 0 aliphatic carbocycles. The van der Waals surface area contributed by atoms with Crippen molar-refractivity contribution in [3.05, 3.63) is 53.6 Å². The summed E-state index contributed by atoms with van der Waals surface area (Å²) in [6.45, 7) is 5.49. The van der Waals surface area contributed by atoms with Gasteiger partial charge in [0.1, 0.15) is 0 Å². The molecule has 1 aliphatic heterocycles. The van der Waals surface area contributed by atoms with Gasteiger partial charge < -0.3 is 4.74 Å². The van der Waals surface area contributed by atoms with Crippen LogP contribution in [0, 0.1) is 13.8 Å². The number of nitrogens with zero attached hydrogens (tertiary/aromatic N) is 2. The molecule has 28 heavy (non-hydrogen) atoms. The molecule has 4 rings (SSSR count). The number of rotatable bonds is 6. The molecule has 0 bridgehead atoms. The lowest BCUT2D eigenvalue weighted by Gasteiger charge is -2.23. The molecule has 1 unspecified atom stereocenters. The fraction of sp³-hybridized carbons (Fsp3) is 0.364. The molecule has 0 saturated carbocycles. The summed E-state index contributed by atoms with van der Waals surface area (Å²) in [7, 11) is 0. The molecule has 3 aromatic rings. The van der Waals surface area contributed by atoms with E-state index in [2.05, 4.69) is 50.2 Å². The summed E-state index contributed by atoms with van der Waals surface area (Å²) in [6, 6.07) is 14.5. The maximum atomic E-state index is 13.1. The van der Waals surface area contributed by atoms with Gasteiger partial charge >= 0.3 is 0 Å². The number of fused-ring (bicyclic) bond motifs is 1. The van der Waals surface area contributed by atoms with E-state index in [-0.39, 0.29) is 12.0 Å². The van der Waals surface area contributed by atoms with Gasteiger partial charge in [-0.3, -0.25) is 9.69 Å². The van der Waals surface area contributed by atoms with Crippen molar-refractivity contribution in [2.75, 3.05) is 23.8 Å². The number of carbonyl (C=O) groups is 1. The van der Waals surface area contributed by atoms with Crippen LogP contribution in [0.15, 0.2) is 47.4 Å². The fourth-order valence-electron chi connectivity index (χ4n) is 3.33. The quantitative estimate of drug-likeness (QED) is 0.521. The molecular weight excluding hydrogens is 388 g/mol. The van der Waals surface area contributed by atoms with Gasteiger partial charge in [-0.2, -0.15) is 0 Å². The van der Waals surface area contributed by atoms with E-state index in [0.717, 1.165) is 45.3 Å². The van der Waals surface area contributed by atoms with Crippen LogP contribution < -0.4 is 4.90 Å². The van der Waals surface area contributed by atoms with E-state index in [1.54, 1.807) is 23.1 Å². The normalized spacial score (nSPS) is 16.6. The van der Waals surface area contributed by atoms with Crippen LogP contribution in [0.2, 0.25) is 0 Å². The second kappa shape index (κ2) is 8.64. The number of carbonyl (C=O) groups excluding carboxylic acids is 1. The summed E-state index contributed by atoms with van der Waals surface area (Å²) in [4.78, 5) is 20.9. The van der Waals surface area contributed by atoms with E-state index >= 15 is 0 Å². The first-order valence-corrected chi connectivity index (χ1v) is 11.4. The number of hydrogen-bond donors (Lipinski definition) is 0. The van der Waals surface area contributed by atoms with Crippen LogP contribution >= 0.6 is 23.1 Å². The van der Waals surface area contributed by atoms with Crippen molar-refractivity contribution >= 4 is 44.4 Å². The van der Waals surface area contributed by atoms with Gasteiger partial charge in [0, 0.05) is 11.5 Å². The number of amides is 1. The van der Waals surface area contributed by atoms with E-state index in [9.17, 15) is 4.79 Å². The van der Waals surface area contributed by atoms with E-state index in [0.29, 0.717) is 12.3 Å². The third kappa shape index (κ3) is 4.40. The number of aryl methyl sites for hydroxylation is 2. The minimum absolute atomic E-state index is 0.0813. The molecule has 0 N–H and O–H groups in total. The summed E-state index contributed by atoms with van der Waals surface area (Å²) < 4.78 is 6.92. The second-order valence-corrected chi connectivity index (χ2v) is 9.22. The number of ether oxygens (including phenoxy) is 1. The molecule has 0 radical (unpaired) electrons. The topological polar surface area (TPSA) is 42.4 Å². The largest absolute Gasteiger partial charge is 0.376 e. The van der Waals surface area contributed by atoms with Gasteiger partial charge in [0.25, 0.3) is 0 Å². The zero-order valence-corrected chi connectivity index (χ0v) is 17.8. The van der Waals surface area contributed by atoms with Gasteiger partial charge in [-0.1, -0.05) is 41.2 Å². The predicted molar refractivity (Wildman–Crippen MR) is 118 cm³/mol. The van der Waals surface area contributed by atoms with E-state index in [4.69, 9.17) is 9.72 Å². The van der Waals surface area contributed by atoms with Gasteiger partial charge in [-0.15, -0.1) is 11.8 Å². The molecule has 1 aliphatic rings. The first kappa shape index (κ1) is 19.4. The Morgan fingerprint density at radius 3 is 2.79 bits per heavy atom. The highest BCUT2D eigenvalue weighted by molar-refractivity contribution is 8.00. The Labute approximate surface area is 173 Å². The van der Waals surface area contributed by atoms with E-state index in [1.165, 1.54) is 5.56 Å². The molecule has 1 atom stereocenters. The average Bonchev–Trinajstić information content (AvgIpc) is 3.35. The number of benzene rings is 2. The zero-order valence-electron chi connectivity index (χ0n) is 16.2. The number of thiazole rings is 1. The van der Waals surface area contributed by atoms with Crippen LogP contribution in [-0.2, 0) is 9.53 Å². The summed E-state index contributed by atoms with van der Waals surface area (Å²) in [5, 5.41) is 0.773. The van der Waals surface area contributed by atoms with Crippen molar-refractivity contribution in [3.63, 3.8) is 0 Å². The number of aromatic nitrogens is 1. The van der Waals surface area contributed by atoms with Gasteiger partial charge in [0.15, 0.2) is 5.13 Å². The first-order valence-electron chi connectivity index (χ1n) is 9.58. The van der Waals surface area contributed by atoms with E-state index < -0.39 is 0 Å². The lowest BCUT2D eigenvalue weighted by Crippen LogP contribution is -2.38. The lowest BCUT2D eigenvalue weighted by atomic mass is 10.2. The lowest BCUT2D eigenvalue weighted by molar-refractivity contribution is -0.116. The summed E-state index contributed by atoms with van der Waals surface area (Å²) in [5.41, 5.74) is 3.35. The van der Waals surface area contributed by atoms with Crippen LogP contribution in [0.3, 0.4) is 0 Å². The molecule has 146 valence electrons. The molecule has 1 amide bonds. The summed E-state index contributed by atoms with van der Waals surface area (Å²) in [6.07, 6.45) is 2.16. The fourth-order valence-corrected chi connectivity index (χ4v) is 5.17. The van der Waals surface area contributed by atoms with Crippen molar-refractivity contribution in [1.82, 2.24) is 4.98 Å². The molecule has 0 spiro atoms. The first-order chi connectivity index (χ1) is 13.6. The van der Waals surface area contributed by atoms with Crippen LogP contribution in [0.5, 0.6) is 0 Å². The maximum Gasteiger partial charge on any atom is 0.239 e. The number of thioether (sulfide) groups is 1.